The maximum Gasteiger partial charge on any atom is 0.331 e. The lowest BCUT2D eigenvalue weighted by Crippen LogP contribution is -2.04. The smallest absolute Gasteiger partial charge is 0.331 e. The molecule has 0 radical (unpaired) electrons. The van der Waals surface area contributed by atoms with Crippen LogP contribution >= 0.6 is 0 Å². The highest BCUT2D eigenvalue weighted by Crippen LogP contribution is 1.95. The van der Waals surface area contributed by atoms with Gasteiger partial charge in [-0.1, -0.05) is 6.58 Å². The van der Waals surface area contributed by atoms with Crippen molar-refractivity contribution < 1.29 is 24.6 Å². The van der Waals surface area contributed by atoms with Gasteiger partial charge in [-0.05, 0) is 0 Å². The third-order valence-corrected chi connectivity index (χ3v) is 0.667. The van der Waals surface area contributed by atoms with Crippen LogP contribution in [0.3, 0.4) is 0 Å². The fourth-order valence-electron chi connectivity index (χ4n) is 0.258. The van der Waals surface area contributed by atoms with Gasteiger partial charge in [0.25, 0.3) is 0 Å². The molecule has 0 spiro atoms. The first-order valence-electron chi connectivity index (χ1n) is 2.45. The Kier molecular flexibility index (Phi) is 7.10. The molecule has 0 aromatic heterocycles. The summed E-state index contributed by atoms with van der Waals surface area (Å²) in [6.07, 6.45) is -0.505. The minimum absolute atomic E-state index is 0.303. The molecule has 0 aliphatic carbocycles. The molecule has 0 heterocycles. The monoisotopic (exact) mass is 160 g/mol. The van der Waals surface area contributed by atoms with Crippen LogP contribution in [0.2, 0.25) is 0 Å². The molecule has 0 fully saturated rings. The Bertz CT molecular complexity index is 172. The fraction of sp³-hybridized carbons (Fsp3) is 0.167. The van der Waals surface area contributed by atoms with Crippen LogP contribution in [0.1, 0.15) is 6.42 Å². The minimum Gasteiger partial charge on any atom is -0.481 e. The summed E-state index contributed by atoms with van der Waals surface area (Å²) >= 11 is 0. The van der Waals surface area contributed by atoms with Crippen molar-refractivity contribution in [3.05, 3.63) is 12.2 Å². The Balaban J connectivity index is 0. The topological polar surface area (TPSA) is 91.7 Å². The van der Waals surface area contributed by atoms with E-state index in [1.54, 1.807) is 0 Å². The van der Waals surface area contributed by atoms with Gasteiger partial charge in [0.15, 0.2) is 0 Å². The Morgan fingerprint density at radius 2 is 1.55 bits per heavy atom. The lowest BCUT2D eigenvalue weighted by atomic mass is 10.2. The van der Waals surface area contributed by atoms with Crippen molar-refractivity contribution in [2.45, 2.75) is 6.42 Å². The second-order valence-corrected chi connectivity index (χ2v) is 1.48. The van der Waals surface area contributed by atoms with Crippen LogP contribution in [0.15, 0.2) is 12.2 Å². The van der Waals surface area contributed by atoms with Crippen LogP contribution in [0.4, 0.5) is 0 Å². The fourth-order valence-corrected chi connectivity index (χ4v) is 0.258. The third kappa shape index (κ3) is 8.35. The number of aliphatic carboxylic acids is 2. The highest BCUT2D eigenvalue weighted by Gasteiger charge is 2.07. The molecule has 0 rings (SSSR count). The number of rotatable bonds is 3. The van der Waals surface area contributed by atoms with E-state index in [9.17, 15) is 9.59 Å². The van der Waals surface area contributed by atoms with E-state index < -0.39 is 18.4 Å². The molecule has 0 saturated carbocycles. The molecule has 0 bridgehead atoms. The van der Waals surface area contributed by atoms with E-state index in [4.69, 9.17) is 15.0 Å². The highest BCUT2D eigenvalue weighted by atomic mass is 16.4. The molecule has 0 aromatic carbocycles. The third-order valence-electron chi connectivity index (χ3n) is 0.667. The van der Waals surface area contributed by atoms with Crippen molar-refractivity contribution in [2.24, 2.45) is 0 Å². The number of carboxylic acids is 2. The van der Waals surface area contributed by atoms with Gasteiger partial charge >= 0.3 is 11.9 Å². The standard InChI is InChI=1S/C5H6O4.CH2O/c1-3(5(8)9)2-4(6)7;1-2/h1-2H2,(H,6,7)(H,8,9);1H2. The van der Waals surface area contributed by atoms with E-state index in [0.717, 1.165) is 0 Å². The van der Waals surface area contributed by atoms with Gasteiger partial charge in [-0.3, -0.25) is 4.79 Å². The summed E-state index contributed by atoms with van der Waals surface area (Å²) < 4.78 is 0. The van der Waals surface area contributed by atoms with Crippen molar-refractivity contribution in [3.63, 3.8) is 0 Å². The van der Waals surface area contributed by atoms with Gasteiger partial charge < -0.3 is 15.0 Å². The summed E-state index contributed by atoms with van der Waals surface area (Å²) in [5, 5.41) is 16.1. The number of carbonyl (C=O) groups excluding carboxylic acids is 1. The molecule has 5 nitrogen and oxygen atoms in total. The Labute approximate surface area is 63.0 Å². The normalized spacial score (nSPS) is 7.27. The van der Waals surface area contributed by atoms with Gasteiger partial charge in [0.1, 0.15) is 6.79 Å². The molecule has 0 atom stereocenters. The average molecular weight is 160 g/mol. The zero-order chi connectivity index (χ0) is 9.44. The predicted octanol–water partition coefficient (Wildman–Crippen LogP) is -0.0830. The molecule has 0 amide bonds. The van der Waals surface area contributed by atoms with E-state index in [1.165, 1.54) is 0 Å². The first-order chi connectivity index (χ1) is 5.04. The summed E-state index contributed by atoms with van der Waals surface area (Å²) in [4.78, 5) is 27.7. The van der Waals surface area contributed by atoms with Crippen molar-refractivity contribution in [2.75, 3.05) is 0 Å². The molecule has 5 heteroatoms. The molecule has 0 aromatic rings. The van der Waals surface area contributed by atoms with E-state index >= 15 is 0 Å². The van der Waals surface area contributed by atoms with Gasteiger partial charge in [-0.2, -0.15) is 0 Å². The van der Waals surface area contributed by atoms with Crippen molar-refractivity contribution in [1.82, 2.24) is 0 Å². The van der Waals surface area contributed by atoms with Crippen molar-refractivity contribution >= 4 is 18.7 Å². The largest absolute Gasteiger partial charge is 0.481 e. The minimum atomic E-state index is -1.27. The number of hydrogen-bond acceptors (Lipinski definition) is 3. The summed E-state index contributed by atoms with van der Waals surface area (Å²) in [5.41, 5.74) is -0.303. The zero-order valence-corrected chi connectivity index (χ0v) is 5.74. The van der Waals surface area contributed by atoms with Gasteiger partial charge in [0.2, 0.25) is 0 Å². The SMILES string of the molecule is C=C(CC(=O)O)C(=O)O.C=O. The summed E-state index contributed by atoms with van der Waals surface area (Å²) in [6, 6.07) is 0. The van der Waals surface area contributed by atoms with Crippen LogP contribution < -0.4 is 0 Å². The quantitative estimate of drug-likeness (QED) is 0.563. The first-order valence-corrected chi connectivity index (χ1v) is 2.45. The van der Waals surface area contributed by atoms with Gasteiger partial charge in [-0.25, -0.2) is 4.79 Å². The molecule has 11 heavy (non-hydrogen) atoms. The lowest BCUT2D eigenvalue weighted by molar-refractivity contribution is -0.139. The van der Waals surface area contributed by atoms with E-state index in [1.807, 2.05) is 6.79 Å². The molecule has 0 aliphatic heterocycles. The summed E-state index contributed by atoms with van der Waals surface area (Å²) in [6.45, 7) is 5.01. The van der Waals surface area contributed by atoms with Crippen LogP contribution in [-0.2, 0) is 14.4 Å². The molecular formula is C6H8O5. The highest BCUT2D eigenvalue weighted by molar-refractivity contribution is 5.91. The van der Waals surface area contributed by atoms with Crippen molar-refractivity contribution in [3.8, 4) is 0 Å². The molecule has 2 N–H and O–H groups in total. The second kappa shape index (κ2) is 6.47. The van der Waals surface area contributed by atoms with E-state index in [0.29, 0.717) is 0 Å². The van der Waals surface area contributed by atoms with Gasteiger partial charge in [0.05, 0.1) is 6.42 Å². The Morgan fingerprint density at radius 1 is 1.18 bits per heavy atom. The molecule has 0 unspecified atom stereocenters. The number of hydrogen-bond donors (Lipinski definition) is 2. The Hall–Kier alpha value is -1.65. The number of carboxylic acid groups (broad SMARTS) is 2. The maximum absolute atomic E-state index is 9.87. The molecule has 0 aliphatic rings. The lowest BCUT2D eigenvalue weighted by Gasteiger charge is -1.91. The molecular weight excluding hydrogens is 152 g/mol. The van der Waals surface area contributed by atoms with Crippen LogP contribution in [0, 0.1) is 0 Å². The number of carbonyl (C=O) groups is 3. The van der Waals surface area contributed by atoms with Crippen LogP contribution in [0.5, 0.6) is 0 Å². The molecule has 62 valence electrons. The first kappa shape index (κ1) is 12.1. The van der Waals surface area contributed by atoms with Crippen molar-refractivity contribution in [1.29, 1.82) is 0 Å². The van der Waals surface area contributed by atoms with E-state index in [-0.39, 0.29) is 5.57 Å². The van der Waals surface area contributed by atoms with Crippen LogP contribution in [-0.4, -0.2) is 28.9 Å². The summed E-state index contributed by atoms with van der Waals surface area (Å²) in [7, 11) is 0. The predicted molar refractivity (Wildman–Crippen MR) is 36.1 cm³/mol. The second-order valence-electron chi connectivity index (χ2n) is 1.48. The van der Waals surface area contributed by atoms with Crippen LogP contribution in [0.25, 0.3) is 0 Å². The maximum atomic E-state index is 9.87. The molecule has 0 saturated heterocycles. The van der Waals surface area contributed by atoms with Gasteiger partial charge in [0, 0.05) is 5.57 Å². The summed E-state index contributed by atoms with van der Waals surface area (Å²) in [5.74, 6) is -2.44. The zero-order valence-electron chi connectivity index (χ0n) is 5.74. The van der Waals surface area contributed by atoms with E-state index in [2.05, 4.69) is 6.58 Å². The van der Waals surface area contributed by atoms with Gasteiger partial charge in [-0.15, -0.1) is 0 Å². The Morgan fingerprint density at radius 3 is 1.64 bits per heavy atom. The average Bonchev–Trinajstić information content (AvgIpc) is 1.90.